The van der Waals surface area contributed by atoms with Crippen LogP contribution in [0.25, 0.3) is 0 Å². The van der Waals surface area contributed by atoms with Gasteiger partial charge >= 0.3 is 0 Å². The van der Waals surface area contributed by atoms with E-state index in [2.05, 4.69) is 26.1 Å². The summed E-state index contributed by atoms with van der Waals surface area (Å²) < 4.78 is 0. The predicted molar refractivity (Wildman–Crippen MR) is 49.6 cm³/mol. The number of hydrogen-bond acceptors (Lipinski definition) is 1. The van der Waals surface area contributed by atoms with E-state index < -0.39 is 0 Å². The van der Waals surface area contributed by atoms with Gasteiger partial charge in [0.25, 0.3) is 0 Å². The predicted octanol–water partition coefficient (Wildman–Crippen LogP) is 2.42. The maximum atomic E-state index is 3.61. The number of hydrogen-bond donors (Lipinski definition) is 1. The van der Waals surface area contributed by atoms with Crippen molar-refractivity contribution in [3.8, 4) is 0 Å². The van der Waals surface area contributed by atoms with Crippen LogP contribution in [0, 0.1) is 11.8 Å². The van der Waals surface area contributed by atoms with Crippen LogP contribution in [0.4, 0.5) is 0 Å². The standard InChI is InChI=1S/C10H21N/c1-4-8-7-11-10(6-3)9(8)5-2/h8-11H,4-7H2,1-3H3. The summed E-state index contributed by atoms with van der Waals surface area (Å²) in [5.41, 5.74) is 0. The quantitative estimate of drug-likeness (QED) is 0.660. The molecular weight excluding hydrogens is 134 g/mol. The van der Waals surface area contributed by atoms with E-state index in [0.717, 1.165) is 17.9 Å². The molecule has 1 nitrogen and oxygen atoms in total. The molecule has 1 heterocycles. The van der Waals surface area contributed by atoms with Crippen molar-refractivity contribution in [3.63, 3.8) is 0 Å². The van der Waals surface area contributed by atoms with Crippen molar-refractivity contribution in [1.82, 2.24) is 5.32 Å². The van der Waals surface area contributed by atoms with E-state index in [4.69, 9.17) is 0 Å². The van der Waals surface area contributed by atoms with Gasteiger partial charge in [0.2, 0.25) is 0 Å². The van der Waals surface area contributed by atoms with Gasteiger partial charge in [-0.1, -0.05) is 33.6 Å². The molecule has 66 valence electrons. The Bertz CT molecular complexity index is 99.4. The molecule has 1 N–H and O–H groups in total. The van der Waals surface area contributed by atoms with Gasteiger partial charge in [-0.15, -0.1) is 0 Å². The lowest BCUT2D eigenvalue weighted by atomic mass is 9.86. The molecule has 11 heavy (non-hydrogen) atoms. The first-order valence-electron chi connectivity index (χ1n) is 5.06. The van der Waals surface area contributed by atoms with Crippen LogP contribution in [0.5, 0.6) is 0 Å². The third kappa shape index (κ3) is 1.76. The SMILES string of the molecule is CCC1CNC(CC)C1CC. The molecular formula is C10H21N. The Morgan fingerprint density at radius 3 is 2.27 bits per heavy atom. The van der Waals surface area contributed by atoms with Crippen molar-refractivity contribution >= 4 is 0 Å². The van der Waals surface area contributed by atoms with E-state index >= 15 is 0 Å². The Morgan fingerprint density at radius 2 is 1.82 bits per heavy atom. The Labute approximate surface area is 70.6 Å². The zero-order chi connectivity index (χ0) is 8.27. The highest BCUT2D eigenvalue weighted by molar-refractivity contribution is 4.87. The molecule has 1 fully saturated rings. The molecule has 1 aliphatic heterocycles. The average molecular weight is 155 g/mol. The Kier molecular flexibility index (Phi) is 3.38. The van der Waals surface area contributed by atoms with Gasteiger partial charge in [0.15, 0.2) is 0 Å². The first-order valence-corrected chi connectivity index (χ1v) is 5.06. The smallest absolute Gasteiger partial charge is 0.00958 e. The lowest BCUT2D eigenvalue weighted by Gasteiger charge is -2.20. The molecule has 0 bridgehead atoms. The molecule has 3 atom stereocenters. The largest absolute Gasteiger partial charge is 0.313 e. The molecule has 0 amide bonds. The molecule has 0 radical (unpaired) electrons. The lowest BCUT2D eigenvalue weighted by molar-refractivity contribution is 0.338. The second kappa shape index (κ2) is 4.10. The maximum absolute atomic E-state index is 3.61. The van der Waals surface area contributed by atoms with Gasteiger partial charge in [-0.3, -0.25) is 0 Å². The molecule has 0 spiro atoms. The van der Waals surface area contributed by atoms with Crippen molar-refractivity contribution in [2.24, 2.45) is 11.8 Å². The summed E-state index contributed by atoms with van der Waals surface area (Å²) in [4.78, 5) is 0. The van der Waals surface area contributed by atoms with Crippen molar-refractivity contribution in [3.05, 3.63) is 0 Å². The number of nitrogens with one attached hydrogen (secondary N) is 1. The Hall–Kier alpha value is -0.0400. The zero-order valence-corrected chi connectivity index (χ0v) is 8.06. The zero-order valence-electron chi connectivity index (χ0n) is 8.06. The summed E-state index contributed by atoms with van der Waals surface area (Å²) in [5.74, 6) is 1.90. The fourth-order valence-corrected chi connectivity index (χ4v) is 2.45. The minimum Gasteiger partial charge on any atom is -0.313 e. The van der Waals surface area contributed by atoms with Crippen LogP contribution < -0.4 is 5.32 Å². The fourth-order valence-electron chi connectivity index (χ4n) is 2.45. The normalized spacial score (nSPS) is 37.9. The summed E-state index contributed by atoms with van der Waals surface area (Å²) in [5, 5.41) is 3.61. The third-order valence-electron chi connectivity index (χ3n) is 3.20. The van der Waals surface area contributed by atoms with Gasteiger partial charge in [0.1, 0.15) is 0 Å². The van der Waals surface area contributed by atoms with Crippen LogP contribution in [-0.4, -0.2) is 12.6 Å². The third-order valence-corrected chi connectivity index (χ3v) is 3.20. The van der Waals surface area contributed by atoms with Crippen molar-refractivity contribution < 1.29 is 0 Å². The van der Waals surface area contributed by atoms with Crippen LogP contribution in [0.15, 0.2) is 0 Å². The van der Waals surface area contributed by atoms with Gasteiger partial charge in [0, 0.05) is 6.04 Å². The first kappa shape index (κ1) is 9.05. The van der Waals surface area contributed by atoms with E-state index in [1.807, 2.05) is 0 Å². The first-order chi connectivity index (χ1) is 5.33. The maximum Gasteiger partial charge on any atom is 0.00958 e. The van der Waals surface area contributed by atoms with Crippen LogP contribution in [0.3, 0.4) is 0 Å². The van der Waals surface area contributed by atoms with Crippen molar-refractivity contribution in [2.75, 3.05) is 6.54 Å². The monoisotopic (exact) mass is 155 g/mol. The van der Waals surface area contributed by atoms with Crippen LogP contribution >= 0.6 is 0 Å². The summed E-state index contributed by atoms with van der Waals surface area (Å²) in [6.07, 6.45) is 4.00. The molecule has 1 rings (SSSR count). The summed E-state index contributed by atoms with van der Waals surface area (Å²) >= 11 is 0. The molecule has 1 heteroatoms. The van der Waals surface area contributed by atoms with Crippen LogP contribution in [0.2, 0.25) is 0 Å². The van der Waals surface area contributed by atoms with Gasteiger partial charge in [-0.05, 0) is 24.8 Å². The highest BCUT2D eigenvalue weighted by Crippen LogP contribution is 2.29. The van der Waals surface area contributed by atoms with Gasteiger partial charge in [0.05, 0.1) is 0 Å². The molecule has 0 saturated carbocycles. The molecule has 0 aromatic carbocycles. The van der Waals surface area contributed by atoms with Crippen LogP contribution in [-0.2, 0) is 0 Å². The second-order valence-corrected chi connectivity index (χ2v) is 3.66. The van der Waals surface area contributed by atoms with Crippen molar-refractivity contribution in [1.29, 1.82) is 0 Å². The fraction of sp³-hybridized carbons (Fsp3) is 1.00. The van der Waals surface area contributed by atoms with Gasteiger partial charge in [-0.25, -0.2) is 0 Å². The lowest BCUT2D eigenvalue weighted by Crippen LogP contribution is -2.25. The summed E-state index contributed by atoms with van der Waals surface area (Å²) in [6.45, 7) is 8.18. The van der Waals surface area contributed by atoms with E-state index in [9.17, 15) is 0 Å². The van der Waals surface area contributed by atoms with Gasteiger partial charge < -0.3 is 5.32 Å². The number of rotatable bonds is 3. The Balaban J connectivity index is 2.48. The van der Waals surface area contributed by atoms with Crippen LogP contribution in [0.1, 0.15) is 40.0 Å². The Morgan fingerprint density at radius 1 is 1.09 bits per heavy atom. The molecule has 3 unspecified atom stereocenters. The highest BCUT2D eigenvalue weighted by Gasteiger charge is 2.31. The summed E-state index contributed by atoms with van der Waals surface area (Å²) in [6, 6.07) is 0.810. The summed E-state index contributed by atoms with van der Waals surface area (Å²) in [7, 11) is 0. The topological polar surface area (TPSA) is 12.0 Å². The van der Waals surface area contributed by atoms with Gasteiger partial charge in [-0.2, -0.15) is 0 Å². The molecule has 1 aliphatic rings. The van der Waals surface area contributed by atoms with E-state index in [1.54, 1.807) is 0 Å². The van der Waals surface area contributed by atoms with E-state index in [1.165, 1.54) is 25.8 Å². The van der Waals surface area contributed by atoms with Crippen molar-refractivity contribution in [2.45, 2.75) is 46.1 Å². The van der Waals surface area contributed by atoms with E-state index in [-0.39, 0.29) is 0 Å². The van der Waals surface area contributed by atoms with E-state index in [0.29, 0.717) is 0 Å². The average Bonchev–Trinajstić information content (AvgIpc) is 2.45. The molecule has 0 aromatic rings. The minimum atomic E-state index is 0.810. The molecule has 1 saturated heterocycles. The second-order valence-electron chi connectivity index (χ2n) is 3.66. The molecule has 0 aliphatic carbocycles. The molecule has 0 aromatic heterocycles. The minimum absolute atomic E-state index is 0.810. The highest BCUT2D eigenvalue weighted by atomic mass is 15.0.